The van der Waals surface area contributed by atoms with E-state index >= 15 is 0 Å². The number of aliphatic imine (C=N–C) groups is 1. The monoisotopic (exact) mass is 528 g/mol. The fraction of sp³-hybridized carbons (Fsp3) is 0.364. The molecule has 0 atom stereocenters. The summed E-state index contributed by atoms with van der Waals surface area (Å²) in [5, 5.41) is 7.44. The number of carbonyl (C=O) groups is 1. The van der Waals surface area contributed by atoms with E-state index in [-0.39, 0.29) is 35.3 Å². The normalized spacial score (nSPS) is 11.4. The van der Waals surface area contributed by atoms with Crippen molar-refractivity contribution in [2.75, 3.05) is 27.7 Å². The molecule has 1 amide bonds. The van der Waals surface area contributed by atoms with Crippen LogP contribution in [0.1, 0.15) is 35.3 Å². The SMILES string of the molecule is CN=C(NCc1ccc(C(=O)N(C)C)cc1)NCC(C)(C)c1ccccc1Cl.I. The first kappa shape index (κ1) is 25.2. The van der Waals surface area contributed by atoms with Gasteiger partial charge in [0.05, 0.1) is 0 Å². The van der Waals surface area contributed by atoms with Gasteiger partial charge in [0, 0.05) is 50.2 Å². The number of carbonyl (C=O) groups excluding carboxylic acids is 1. The summed E-state index contributed by atoms with van der Waals surface area (Å²) in [7, 11) is 5.24. The molecule has 2 aromatic rings. The number of nitrogens with zero attached hydrogens (tertiary/aromatic N) is 2. The van der Waals surface area contributed by atoms with Crippen LogP contribution in [0, 0.1) is 0 Å². The number of halogens is 2. The molecular weight excluding hydrogens is 499 g/mol. The van der Waals surface area contributed by atoms with Crippen LogP contribution in [0.25, 0.3) is 0 Å². The zero-order valence-corrected chi connectivity index (χ0v) is 20.7. The lowest BCUT2D eigenvalue weighted by atomic mass is 9.84. The molecule has 2 N–H and O–H groups in total. The van der Waals surface area contributed by atoms with Crippen LogP contribution in [0.2, 0.25) is 5.02 Å². The highest BCUT2D eigenvalue weighted by Gasteiger charge is 2.23. The molecule has 0 radical (unpaired) electrons. The van der Waals surface area contributed by atoms with E-state index in [1.165, 1.54) is 0 Å². The van der Waals surface area contributed by atoms with Crippen molar-refractivity contribution >= 4 is 47.4 Å². The Hall–Kier alpha value is -1.80. The second kappa shape index (κ2) is 11.4. The Morgan fingerprint density at radius 3 is 2.24 bits per heavy atom. The molecule has 158 valence electrons. The fourth-order valence-electron chi connectivity index (χ4n) is 2.84. The minimum absolute atomic E-state index is 0. The van der Waals surface area contributed by atoms with Gasteiger partial charge in [-0.15, -0.1) is 24.0 Å². The highest BCUT2D eigenvalue weighted by molar-refractivity contribution is 14.0. The fourth-order valence-corrected chi connectivity index (χ4v) is 3.23. The number of amides is 1. The first-order valence-electron chi connectivity index (χ1n) is 9.24. The molecule has 5 nitrogen and oxygen atoms in total. The third-order valence-electron chi connectivity index (χ3n) is 4.59. The van der Waals surface area contributed by atoms with Gasteiger partial charge in [-0.25, -0.2) is 0 Å². The van der Waals surface area contributed by atoms with Gasteiger partial charge in [0.15, 0.2) is 5.96 Å². The molecular formula is C22H30ClIN4O. The van der Waals surface area contributed by atoms with Crippen LogP contribution < -0.4 is 10.6 Å². The summed E-state index contributed by atoms with van der Waals surface area (Å²) in [5.41, 5.74) is 2.70. The average molecular weight is 529 g/mol. The van der Waals surface area contributed by atoms with Crippen molar-refractivity contribution < 1.29 is 4.79 Å². The van der Waals surface area contributed by atoms with Crippen molar-refractivity contribution in [2.45, 2.75) is 25.8 Å². The molecule has 0 aliphatic carbocycles. The summed E-state index contributed by atoms with van der Waals surface area (Å²) >= 11 is 6.35. The molecule has 0 aromatic heterocycles. The Bertz CT molecular complexity index is 835. The molecule has 0 heterocycles. The highest BCUT2D eigenvalue weighted by atomic mass is 127. The van der Waals surface area contributed by atoms with Crippen molar-refractivity contribution in [1.82, 2.24) is 15.5 Å². The highest BCUT2D eigenvalue weighted by Crippen LogP contribution is 2.28. The molecule has 0 saturated heterocycles. The van der Waals surface area contributed by atoms with Crippen LogP contribution >= 0.6 is 35.6 Å². The second-order valence-corrected chi connectivity index (χ2v) is 7.95. The summed E-state index contributed by atoms with van der Waals surface area (Å²) in [4.78, 5) is 17.8. The Morgan fingerprint density at radius 2 is 1.69 bits per heavy atom. The summed E-state index contributed by atoms with van der Waals surface area (Å²) in [6, 6.07) is 15.5. The van der Waals surface area contributed by atoms with Gasteiger partial charge in [-0.1, -0.05) is 55.8 Å². The molecule has 0 spiro atoms. The minimum Gasteiger partial charge on any atom is -0.356 e. The Morgan fingerprint density at radius 1 is 1.07 bits per heavy atom. The molecule has 2 aromatic carbocycles. The lowest BCUT2D eigenvalue weighted by molar-refractivity contribution is 0.0827. The molecule has 7 heteroatoms. The van der Waals surface area contributed by atoms with E-state index in [0.717, 1.165) is 16.1 Å². The summed E-state index contributed by atoms with van der Waals surface area (Å²) in [6.07, 6.45) is 0. The molecule has 0 saturated carbocycles. The van der Waals surface area contributed by atoms with Crippen molar-refractivity contribution in [3.63, 3.8) is 0 Å². The zero-order chi connectivity index (χ0) is 20.7. The smallest absolute Gasteiger partial charge is 0.253 e. The number of rotatable bonds is 6. The van der Waals surface area contributed by atoms with Gasteiger partial charge in [0.2, 0.25) is 0 Å². The molecule has 0 unspecified atom stereocenters. The van der Waals surface area contributed by atoms with Gasteiger partial charge < -0.3 is 15.5 Å². The van der Waals surface area contributed by atoms with Crippen molar-refractivity contribution in [2.24, 2.45) is 4.99 Å². The molecule has 0 fully saturated rings. The van der Waals surface area contributed by atoms with Crippen LogP contribution in [-0.4, -0.2) is 44.5 Å². The lowest BCUT2D eigenvalue weighted by Crippen LogP contribution is -2.43. The summed E-state index contributed by atoms with van der Waals surface area (Å²) in [5.74, 6) is 0.715. The maximum atomic E-state index is 12.0. The molecule has 0 bridgehead atoms. The van der Waals surface area contributed by atoms with E-state index in [1.54, 1.807) is 26.0 Å². The van der Waals surface area contributed by atoms with Crippen molar-refractivity contribution in [3.05, 3.63) is 70.2 Å². The van der Waals surface area contributed by atoms with Crippen molar-refractivity contribution in [1.29, 1.82) is 0 Å². The van der Waals surface area contributed by atoms with E-state index in [0.29, 0.717) is 24.6 Å². The Kier molecular flexibility index (Phi) is 9.92. The number of benzene rings is 2. The molecule has 2 rings (SSSR count). The number of hydrogen-bond donors (Lipinski definition) is 2. The number of guanidine groups is 1. The van der Waals surface area contributed by atoms with Gasteiger partial charge in [-0.05, 0) is 29.3 Å². The van der Waals surface area contributed by atoms with Gasteiger partial charge in [-0.3, -0.25) is 9.79 Å². The quantitative estimate of drug-likeness (QED) is 0.334. The van der Waals surface area contributed by atoms with Crippen LogP contribution in [-0.2, 0) is 12.0 Å². The average Bonchev–Trinajstić information content (AvgIpc) is 2.68. The second-order valence-electron chi connectivity index (χ2n) is 7.54. The van der Waals surface area contributed by atoms with Crippen LogP contribution in [0.3, 0.4) is 0 Å². The van der Waals surface area contributed by atoms with E-state index < -0.39 is 0 Å². The zero-order valence-electron chi connectivity index (χ0n) is 17.6. The number of hydrogen-bond acceptors (Lipinski definition) is 2. The lowest BCUT2D eigenvalue weighted by Gasteiger charge is -2.27. The van der Waals surface area contributed by atoms with Gasteiger partial charge >= 0.3 is 0 Å². The molecule has 29 heavy (non-hydrogen) atoms. The number of nitrogens with one attached hydrogen (secondary N) is 2. The predicted molar refractivity (Wildman–Crippen MR) is 133 cm³/mol. The predicted octanol–water partition coefficient (Wildman–Crippen LogP) is 4.30. The third-order valence-corrected chi connectivity index (χ3v) is 4.92. The maximum Gasteiger partial charge on any atom is 0.253 e. The van der Waals surface area contributed by atoms with Gasteiger partial charge in [0.25, 0.3) is 5.91 Å². The van der Waals surface area contributed by atoms with E-state index in [1.807, 2.05) is 42.5 Å². The standard InChI is InChI=1S/C22H29ClN4O.HI/c1-22(2,18-8-6-7-9-19(18)23)15-26-21(24-3)25-14-16-10-12-17(13-11-16)20(28)27(4)5;/h6-13H,14-15H2,1-5H3,(H2,24,25,26);1H. The van der Waals surface area contributed by atoms with E-state index in [2.05, 4.69) is 35.5 Å². The Balaban J connectivity index is 0.00000420. The summed E-state index contributed by atoms with van der Waals surface area (Å²) < 4.78 is 0. The first-order valence-corrected chi connectivity index (χ1v) is 9.62. The van der Waals surface area contributed by atoms with E-state index in [9.17, 15) is 4.79 Å². The van der Waals surface area contributed by atoms with Crippen LogP contribution in [0.5, 0.6) is 0 Å². The van der Waals surface area contributed by atoms with Gasteiger partial charge in [-0.2, -0.15) is 0 Å². The minimum atomic E-state index is -0.149. The largest absolute Gasteiger partial charge is 0.356 e. The topological polar surface area (TPSA) is 56.7 Å². The van der Waals surface area contributed by atoms with Crippen molar-refractivity contribution in [3.8, 4) is 0 Å². The maximum absolute atomic E-state index is 12.0. The van der Waals surface area contributed by atoms with E-state index in [4.69, 9.17) is 11.6 Å². The first-order chi connectivity index (χ1) is 13.2. The molecule has 0 aliphatic heterocycles. The van der Waals surface area contributed by atoms with Crippen LogP contribution in [0.4, 0.5) is 0 Å². The summed E-state index contributed by atoms with van der Waals surface area (Å²) in [6.45, 7) is 5.60. The van der Waals surface area contributed by atoms with Gasteiger partial charge in [0.1, 0.15) is 0 Å². The molecule has 0 aliphatic rings. The Labute approximate surface area is 196 Å². The third kappa shape index (κ3) is 7.19. The van der Waals surface area contributed by atoms with Crippen LogP contribution in [0.15, 0.2) is 53.5 Å².